The summed E-state index contributed by atoms with van der Waals surface area (Å²) in [5.74, 6) is -0.839. The first-order chi connectivity index (χ1) is 14.9. The highest BCUT2D eigenvalue weighted by Gasteiger charge is 2.36. The zero-order valence-electron chi connectivity index (χ0n) is 18.4. The lowest BCUT2D eigenvalue weighted by molar-refractivity contribution is -0.179. The molecule has 2 N–H and O–H groups in total. The Kier molecular flexibility index (Phi) is 7.21. The largest absolute Gasteiger partial charge is 0.457 e. The normalized spacial score (nSPS) is 12.7. The number of nitrogens with two attached hydrogens (primary N) is 1. The number of thioether (sulfide) groups is 1. The highest BCUT2D eigenvalue weighted by Crippen LogP contribution is 2.29. The Morgan fingerprint density at radius 3 is 2.50 bits per heavy atom. The average molecular weight is 493 g/mol. The van der Waals surface area contributed by atoms with Crippen LogP contribution in [0.4, 0.5) is 5.13 Å². The van der Waals surface area contributed by atoms with Crippen LogP contribution in [0.1, 0.15) is 40.3 Å². The molecule has 0 radical (unpaired) electrons. The van der Waals surface area contributed by atoms with Crippen LogP contribution in [0, 0.1) is 0 Å². The lowest BCUT2D eigenvalue weighted by atomic mass is 10.1. The van der Waals surface area contributed by atoms with Gasteiger partial charge in [-0.25, -0.2) is 14.8 Å². The van der Waals surface area contributed by atoms with Crippen LogP contribution in [-0.4, -0.2) is 44.4 Å². The third kappa shape index (κ3) is 6.27. The third-order valence-electron chi connectivity index (χ3n) is 3.89. The number of ketones is 1. The van der Waals surface area contributed by atoms with Gasteiger partial charge >= 0.3 is 5.97 Å². The SMILES string of the molecule is CC(C)(C)OC(=O)C(C)(C)O/N=C(\C(=O)CSc1nc2ccccc2s1)c1csc(N)n1. The van der Waals surface area contributed by atoms with Crippen LogP contribution in [0.25, 0.3) is 10.2 Å². The van der Waals surface area contributed by atoms with Gasteiger partial charge in [0.1, 0.15) is 11.3 Å². The molecule has 0 saturated heterocycles. The van der Waals surface area contributed by atoms with Crippen molar-refractivity contribution in [3.05, 3.63) is 35.3 Å². The summed E-state index contributed by atoms with van der Waals surface area (Å²) in [6.45, 7) is 8.33. The van der Waals surface area contributed by atoms with Crippen molar-refractivity contribution in [3.8, 4) is 0 Å². The number of anilines is 1. The van der Waals surface area contributed by atoms with Crippen molar-refractivity contribution in [1.82, 2.24) is 9.97 Å². The summed E-state index contributed by atoms with van der Waals surface area (Å²) in [6.07, 6.45) is 0. The third-order valence-corrected chi connectivity index (χ3v) is 6.74. The van der Waals surface area contributed by atoms with Gasteiger partial charge in [0, 0.05) is 5.38 Å². The minimum Gasteiger partial charge on any atom is -0.457 e. The van der Waals surface area contributed by atoms with Crippen LogP contribution in [0.2, 0.25) is 0 Å². The molecule has 8 nitrogen and oxygen atoms in total. The van der Waals surface area contributed by atoms with Crippen molar-refractivity contribution < 1.29 is 19.2 Å². The Balaban J connectivity index is 1.77. The summed E-state index contributed by atoms with van der Waals surface area (Å²) < 4.78 is 7.19. The summed E-state index contributed by atoms with van der Waals surface area (Å²) in [6, 6.07) is 7.77. The highest BCUT2D eigenvalue weighted by molar-refractivity contribution is 8.01. The molecule has 2 aromatic heterocycles. The highest BCUT2D eigenvalue weighted by atomic mass is 32.2. The van der Waals surface area contributed by atoms with Gasteiger partial charge in [-0.2, -0.15) is 0 Å². The smallest absolute Gasteiger partial charge is 0.353 e. The number of benzene rings is 1. The molecule has 0 bridgehead atoms. The number of hydrogen-bond donors (Lipinski definition) is 1. The van der Waals surface area contributed by atoms with Crippen LogP contribution in [0.3, 0.4) is 0 Å². The predicted octanol–water partition coefficient (Wildman–Crippen LogP) is 4.54. The summed E-state index contributed by atoms with van der Waals surface area (Å²) in [5, 5.41) is 5.93. The molecular weight excluding hydrogens is 468 g/mol. The van der Waals surface area contributed by atoms with E-state index in [4.69, 9.17) is 15.3 Å². The number of esters is 1. The lowest BCUT2D eigenvalue weighted by Gasteiger charge is -2.26. The fourth-order valence-electron chi connectivity index (χ4n) is 2.34. The number of fused-ring (bicyclic) bond motifs is 1. The van der Waals surface area contributed by atoms with Gasteiger partial charge in [0.2, 0.25) is 5.60 Å². The molecule has 170 valence electrons. The molecule has 0 unspecified atom stereocenters. The van der Waals surface area contributed by atoms with Gasteiger partial charge in [0.15, 0.2) is 21.0 Å². The minimum absolute atomic E-state index is 0.0109. The first-order valence-corrected chi connectivity index (χ1v) is 12.4. The van der Waals surface area contributed by atoms with Crippen molar-refractivity contribution in [2.45, 2.75) is 50.2 Å². The fourth-order valence-corrected chi connectivity index (χ4v) is 4.82. The maximum atomic E-state index is 13.0. The molecule has 3 rings (SSSR count). The molecule has 0 fully saturated rings. The van der Waals surface area contributed by atoms with Crippen LogP contribution < -0.4 is 5.73 Å². The molecule has 0 amide bonds. The van der Waals surface area contributed by atoms with Crippen LogP contribution in [0.15, 0.2) is 39.1 Å². The number of rotatable bonds is 8. The van der Waals surface area contributed by atoms with Crippen LogP contribution in [-0.2, 0) is 19.2 Å². The van der Waals surface area contributed by atoms with Crippen molar-refractivity contribution in [3.63, 3.8) is 0 Å². The van der Waals surface area contributed by atoms with E-state index in [1.54, 1.807) is 26.2 Å². The second-order valence-corrected chi connectivity index (χ2v) is 11.4. The number of hydrogen-bond acceptors (Lipinski definition) is 11. The maximum Gasteiger partial charge on any atom is 0.353 e. The van der Waals surface area contributed by atoms with E-state index < -0.39 is 17.2 Å². The number of nitrogens with zero attached hydrogens (tertiary/aromatic N) is 3. The number of aromatic nitrogens is 2. The summed E-state index contributed by atoms with van der Waals surface area (Å²) in [5.41, 5.74) is 4.82. The standard InChI is InChI=1S/C21H24N4O4S3/c1-20(2,3)28-17(27)21(4,5)29-25-16(13-10-30-18(22)23-13)14(26)11-31-19-24-12-8-6-7-9-15(12)32-19/h6-10H,11H2,1-5H3,(H2,22,23)/b25-16-. The van der Waals surface area contributed by atoms with Gasteiger partial charge in [-0.05, 0) is 46.8 Å². The first kappa shape index (κ1) is 24.1. The van der Waals surface area contributed by atoms with Crippen molar-refractivity contribution in [2.24, 2.45) is 5.16 Å². The molecule has 2 heterocycles. The van der Waals surface area contributed by atoms with E-state index in [1.165, 1.54) is 48.3 Å². The van der Waals surface area contributed by atoms with E-state index in [0.717, 1.165) is 14.6 Å². The molecule has 0 aliphatic rings. The van der Waals surface area contributed by atoms with Crippen molar-refractivity contribution >= 4 is 67.2 Å². The molecule has 0 saturated carbocycles. The van der Waals surface area contributed by atoms with E-state index in [9.17, 15) is 9.59 Å². The number of thiazole rings is 2. The number of Topliss-reactive ketones (excluding diaryl/α,β-unsaturated/α-hetero) is 1. The fraction of sp³-hybridized carbons (Fsp3) is 0.381. The van der Waals surface area contributed by atoms with Gasteiger partial charge in [-0.3, -0.25) is 4.79 Å². The van der Waals surface area contributed by atoms with E-state index in [-0.39, 0.29) is 17.2 Å². The molecule has 0 spiro atoms. The van der Waals surface area contributed by atoms with Crippen LogP contribution in [0.5, 0.6) is 0 Å². The Morgan fingerprint density at radius 2 is 1.88 bits per heavy atom. The topological polar surface area (TPSA) is 117 Å². The molecule has 0 aliphatic heterocycles. The van der Waals surface area contributed by atoms with Gasteiger partial charge in [0.05, 0.1) is 16.0 Å². The molecule has 32 heavy (non-hydrogen) atoms. The summed E-state index contributed by atoms with van der Waals surface area (Å²) >= 11 is 4.00. The van der Waals surface area contributed by atoms with Gasteiger partial charge < -0.3 is 15.3 Å². The quantitative estimate of drug-likeness (QED) is 0.211. The Morgan fingerprint density at radius 1 is 1.16 bits per heavy atom. The predicted molar refractivity (Wildman–Crippen MR) is 129 cm³/mol. The first-order valence-electron chi connectivity index (χ1n) is 9.67. The zero-order chi connectivity index (χ0) is 23.5. The minimum atomic E-state index is -1.40. The molecule has 0 aliphatic carbocycles. The molecule has 11 heteroatoms. The lowest BCUT2D eigenvalue weighted by Crippen LogP contribution is -2.40. The monoisotopic (exact) mass is 492 g/mol. The summed E-state index contributed by atoms with van der Waals surface area (Å²) in [7, 11) is 0. The molecule has 0 atom stereocenters. The Hall–Kier alpha value is -2.50. The molecule has 3 aromatic rings. The van der Waals surface area contributed by atoms with E-state index in [1.807, 2.05) is 24.3 Å². The number of carbonyl (C=O) groups is 2. The van der Waals surface area contributed by atoms with Gasteiger partial charge in [-0.1, -0.05) is 29.1 Å². The van der Waals surface area contributed by atoms with Crippen molar-refractivity contribution in [1.29, 1.82) is 0 Å². The number of para-hydroxylation sites is 1. The zero-order valence-corrected chi connectivity index (χ0v) is 20.8. The summed E-state index contributed by atoms with van der Waals surface area (Å²) in [4.78, 5) is 39.6. The Labute approximate surface area is 198 Å². The number of carbonyl (C=O) groups excluding carboxylic acids is 2. The second kappa shape index (κ2) is 9.55. The number of oxime groups is 1. The number of ether oxygens (including phenoxy) is 1. The van der Waals surface area contributed by atoms with E-state index in [0.29, 0.717) is 10.8 Å². The van der Waals surface area contributed by atoms with Crippen LogP contribution >= 0.6 is 34.4 Å². The van der Waals surface area contributed by atoms with Gasteiger partial charge in [-0.15, -0.1) is 22.7 Å². The maximum absolute atomic E-state index is 13.0. The second-order valence-electron chi connectivity index (χ2n) is 8.27. The molecule has 1 aromatic carbocycles. The van der Waals surface area contributed by atoms with Crippen molar-refractivity contribution in [2.75, 3.05) is 11.5 Å². The van der Waals surface area contributed by atoms with E-state index in [2.05, 4.69) is 15.1 Å². The van der Waals surface area contributed by atoms with Gasteiger partial charge in [0.25, 0.3) is 0 Å². The van der Waals surface area contributed by atoms with E-state index >= 15 is 0 Å². The number of nitrogen functional groups attached to an aromatic ring is 1. The molecular formula is C21H24N4O4S3. The Bertz CT molecular complexity index is 1130. The average Bonchev–Trinajstić information content (AvgIpc) is 3.31.